The molecular weight excluding hydrogens is 341 g/mol. The Morgan fingerprint density at radius 3 is 2.84 bits per heavy atom. The zero-order valence-corrected chi connectivity index (χ0v) is 15.2. The zero-order chi connectivity index (χ0) is 18.0. The fraction of sp³-hybridized carbons (Fsp3) is 0.421. The van der Waals surface area contributed by atoms with E-state index in [1.807, 2.05) is 23.3 Å². The molecule has 3 rings (SSSR count). The van der Waals surface area contributed by atoms with Crippen molar-refractivity contribution in [2.45, 2.75) is 38.3 Å². The van der Waals surface area contributed by atoms with Crippen LogP contribution in [0.15, 0.2) is 29.6 Å². The standard InChI is InChI=1S/C19H22FNO3S/c1-12-9-17(25-11-12)18(14-10-13(20)6-7-16(14)24-2)21-8-4-3-5-15(21)19(22)23/h6-7,9-11,15,18H,3-5,8H2,1-2H3,(H,22,23). The van der Waals surface area contributed by atoms with E-state index in [1.165, 1.54) is 12.1 Å². The Bertz CT molecular complexity index is 761. The lowest BCUT2D eigenvalue weighted by molar-refractivity contribution is -0.145. The summed E-state index contributed by atoms with van der Waals surface area (Å²) in [7, 11) is 1.55. The van der Waals surface area contributed by atoms with E-state index in [9.17, 15) is 14.3 Å². The number of aliphatic carboxylic acids is 1. The Labute approximate surface area is 150 Å². The number of aryl methyl sites for hydroxylation is 1. The van der Waals surface area contributed by atoms with Gasteiger partial charge in [-0.05, 0) is 61.5 Å². The summed E-state index contributed by atoms with van der Waals surface area (Å²) in [4.78, 5) is 14.8. The summed E-state index contributed by atoms with van der Waals surface area (Å²) in [6.07, 6.45) is 2.43. The highest BCUT2D eigenvalue weighted by molar-refractivity contribution is 7.10. The minimum atomic E-state index is -0.826. The highest BCUT2D eigenvalue weighted by atomic mass is 32.1. The first kappa shape index (κ1) is 17.9. The molecule has 2 unspecified atom stereocenters. The third kappa shape index (κ3) is 3.70. The fourth-order valence-corrected chi connectivity index (χ4v) is 4.57. The number of benzene rings is 1. The number of rotatable bonds is 5. The summed E-state index contributed by atoms with van der Waals surface area (Å²) in [6.45, 7) is 2.67. The van der Waals surface area contributed by atoms with Crippen molar-refractivity contribution in [3.05, 3.63) is 51.5 Å². The number of carboxylic acids is 1. The molecule has 1 aromatic carbocycles. The number of methoxy groups -OCH3 is 1. The summed E-state index contributed by atoms with van der Waals surface area (Å²) >= 11 is 1.57. The molecule has 0 aliphatic carbocycles. The van der Waals surface area contributed by atoms with Crippen molar-refractivity contribution in [1.82, 2.24) is 4.90 Å². The molecule has 0 radical (unpaired) electrons. The number of hydrogen-bond acceptors (Lipinski definition) is 4. The third-order valence-corrected chi connectivity index (χ3v) is 5.77. The average molecular weight is 363 g/mol. The second kappa shape index (κ2) is 7.54. The monoisotopic (exact) mass is 363 g/mol. The Morgan fingerprint density at radius 2 is 2.20 bits per heavy atom. The quantitative estimate of drug-likeness (QED) is 0.864. The van der Waals surface area contributed by atoms with Crippen molar-refractivity contribution in [2.24, 2.45) is 0 Å². The van der Waals surface area contributed by atoms with Crippen LogP contribution in [0.5, 0.6) is 5.75 Å². The Balaban J connectivity index is 2.13. The molecule has 134 valence electrons. The maximum absolute atomic E-state index is 14.0. The molecule has 0 spiro atoms. The van der Waals surface area contributed by atoms with Crippen LogP contribution in [0.25, 0.3) is 0 Å². The van der Waals surface area contributed by atoms with E-state index >= 15 is 0 Å². The van der Waals surface area contributed by atoms with Crippen LogP contribution in [-0.2, 0) is 4.79 Å². The van der Waals surface area contributed by atoms with Gasteiger partial charge in [0.25, 0.3) is 0 Å². The minimum absolute atomic E-state index is 0.328. The van der Waals surface area contributed by atoms with Crippen molar-refractivity contribution in [3.8, 4) is 5.75 Å². The molecule has 1 aliphatic heterocycles. The third-order valence-electron chi connectivity index (χ3n) is 4.67. The van der Waals surface area contributed by atoms with E-state index < -0.39 is 12.0 Å². The maximum atomic E-state index is 14.0. The van der Waals surface area contributed by atoms with Crippen LogP contribution >= 0.6 is 11.3 Å². The van der Waals surface area contributed by atoms with Gasteiger partial charge in [0.1, 0.15) is 17.6 Å². The number of ether oxygens (including phenoxy) is 1. The minimum Gasteiger partial charge on any atom is -0.496 e. The van der Waals surface area contributed by atoms with Gasteiger partial charge in [-0.15, -0.1) is 11.3 Å². The molecule has 1 N–H and O–H groups in total. The number of nitrogens with zero attached hydrogens (tertiary/aromatic N) is 1. The predicted molar refractivity (Wildman–Crippen MR) is 95.8 cm³/mol. The van der Waals surface area contributed by atoms with Gasteiger partial charge < -0.3 is 9.84 Å². The van der Waals surface area contributed by atoms with E-state index in [0.29, 0.717) is 24.3 Å². The van der Waals surface area contributed by atoms with E-state index in [0.717, 1.165) is 23.3 Å². The summed E-state index contributed by atoms with van der Waals surface area (Å²) in [6, 6.07) is 5.58. The fourth-order valence-electron chi connectivity index (χ4n) is 3.54. The van der Waals surface area contributed by atoms with Crippen molar-refractivity contribution >= 4 is 17.3 Å². The maximum Gasteiger partial charge on any atom is 0.320 e. The van der Waals surface area contributed by atoms with Crippen LogP contribution in [0.3, 0.4) is 0 Å². The molecule has 1 aliphatic rings. The Kier molecular flexibility index (Phi) is 5.39. The lowest BCUT2D eigenvalue weighted by Gasteiger charge is -2.39. The molecule has 4 nitrogen and oxygen atoms in total. The van der Waals surface area contributed by atoms with E-state index in [4.69, 9.17) is 4.74 Å². The molecule has 1 fully saturated rings. The summed E-state index contributed by atoms with van der Waals surface area (Å²) in [5.41, 5.74) is 1.79. The van der Waals surface area contributed by atoms with Crippen LogP contribution in [0.4, 0.5) is 4.39 Å². The number of hydrogen-bond donors (Lipinski definition) is 1. The number of carboxylic acid groups (broad SMARTS) is 1. The molecule has 2 aromatic rings. The highest BCUT2D eigenvalue weighted by Gasteiger charge is 2.37. The number of thiophene rings is 1. The van der Waals surface area contributed by atoms with Crippen LogP contribution < -0.4 is 4.74 Å². The molecule has 1 aromatic heterocycles. The van der Waals surface area contributed by atoms with E-state index in [2.05, 4.69) is 0 Å². The van der Waals surface area contributed by atoms with Gasteiger partial charge in [-0.25, -0.2) is 4.39 Å². The summed E-state index contributed by atoms with van der Waals surface area (Å²) < 4.78 is 19.5. The van der Waals surface area contributed by atoms with Crippen LogP contribution in [0, 0.1) is 12.7 Å². The van der Waals surface area contributed by atoms with Gasteiger partial charge in [0.05, 0.1) is 13.2 Å². The summed E-state index contributed by atoms with van der Waals surface area (Å²) in [5.74, 6) is -0.599. The second-order valence-corrected chi connectivity index (χ2v) is 7.35. The van der Waals surface area contributed by atoms with Crippen LogP contribution in [0.1, 0.15) is 41.3 Å². The number of halogens is 1. The highest BCUT2D eigenvalue weighted by Crippen LogP contribution is 2.40. The van der Waals surface area contributed by atoms with Gasteiger partial charge in [0.2, 0.25) is 0 Å². The lowest BCUT2D eigenvalue weighted by atomic mass is 9.94. The van der Waals surface area contributed by atoms with Gasteiger partial charge >= 0.3 is 5.97 Å². The van der Waals surface area contributed by atoms with Crippen molar-refractivity contribution in [2.75, 3.05) is 13.7 Å². The van der Waals surface area contributed by atoms with Crippen molar-refractivity contribution in [3.63, 3.8) is 0 Å². The lowest BCUT2D eigenvalue weighted by Crippen LogP contribution is -2.46. The largest absolute Gasteiger partial charge is 0.496 e. The first-order valence-electron chi connectivity index (χ1n) is 8.38. The topological polar surface area (TPSA) is 49.8 Å². The number of carbonyl (C=O) groups is 1. The first-order valence-corrected chi connectivity index (χ1v) is 9.26. The molecular formula is C19H22FNO3S. The van der Waals surface area contributed by atoms with Gasteiger partial charge in [-0.3, -0.25) is 9.69 Å². The van der Waals surface area contributed by atoms with E-state index in [-0.39, 0.29) is 11.9 Å². The van der Waals surface area contributed by atoms with Crippen molar-refractivity contribution in [1.29, 1.82) is 0 Å². The van der Waals surface area contributed by atoms with E-state index in [1.54, 1.807) is 24.5 Å². The normalized spacial score (nSPS) is 19.6. The predicted octanol–water partition coefficient (Wildman–Crippen LogP) is 4.23. The molecule has 0 amide bonds. The average Bonchev–Trinajstić information content (AvgIpc) is 3.02. The van der Waals surface area contributed by atoms with Crippen molar-refractivity contribution < 1.29 is 19.0 Å². The van der Waals surface area contributed by atoms with Gasteiger partial charge in [-0.1, -0.05) is 6.42 Å². The van der Waals surface area contributed by atoms with Crippen LogP contribution in [-0.4, -0.2) is 35.7 Å². The van der Waals surface area contributed by atoms with Gasteiger partial charge in [-0.2, -0.15) is 0 Å². The molecule has 0 saturated carbocycles. The first-order chi connectivity index (χ1) is 12.0. The number of likely N-dealkylation sites (tertiary alicyclic amines) is 1. The molecule has 1 saturated heterocycles. The smallest absolute Gasteiger partial charge is 0.320 e. The second-order valence-electron chi connectivity index (χ2n) is 6.40. The summed E-state index contributed by atoms with van der Waals surface area (Å²) in [5, 5.41) is 11.7. The Morgan fingerprint density at radius 1 is 1.40 bits per heavy atom. The zero-order valence-electron chi connectivity index (χ0n) is 14.4. The van der Waals surface area contributed by atoms with Gasteiger partial charge in [0.15, 0.2) is 0 Å². The SMILES string of the molecule is COc1ccc(F)cc1C(c1cc(C)cs1)N1CCCCC1C(=O)O. The van der Waals surface area contributed by atoms with Gasteiger partial charge in [0, 0.05) is 10.4 Å². The molecule has 25 heavy (non-hydrogen) atoms. The Hall–Kier alpha value is -1.92. The molecule has 0 bridgehead atoms. The molecule has 2 heterocycles. The molecule has 2 atom stereocenters. The molecule has 6 heteroatoms. The van der Waals surface area contributed by atoms with Crippen LogP contribution in [0.2, 0.25) is 0 Å². The number of piperidine rings is 1.